The zero-order valence-electron chi connectivity index (χ0n) is 23.6. The molecule has 0 bridgehead atoms. The Morgan fingerprint density at radius 2 is 0.625 bits per heavy atom. The van der Waals surface area contributed by atoms with Crippen molar-refractivity contribution in [3.8, 4) is 0 Å². The first-order valence-corrected chi connectivity index (χ1v) is 15.2. The monoisotopic (exact) mass is 455 g/mol. The van der Waals surface area contributed by atoms with Crippen LogP contribution < -0.4 is 5.32 Å². The van der Waals surface area contributed by atoms with E-state index in [1.54, 1.807) is 0 Å². The van der Waals surface area contributed by atoms with Crippen LogP contribution in [0.5, 0.6) is 0 Å². The smallest absolute Gasteiger partial charge is 0.00187 e. The molecule has 0 aromatic carbocycles. The molecule has 32 heavy (non-hydrogen) atoms. The Morgan fingerprint density at radius 1 is 0.344 bits per heavy atom. The predicted octanol–water partition coefficient (Wildman–Crippen LogP) is 9.77. The zero-order valence-corrected chi connectivity index (χ0v) is 23.6. The van der Waals surface area contributed by atoms with E-state index in [1.807, 2.05) is 0 Å². The topological polar surface area (TPSA) is 15.3 Å². The lowest BCUT2D eigenvalue weighted by Gasteiger charge is -2.22. The van der Waals surface area contributed by atoms with E-state index in [4.69, 9.17) is 0 Å². The number of hydrogen-bond acceptors (Lipinski definition) is 2. The van der Waals surface area contributed by atoms with Crippen molar-refractivity contribution in [1.29, 1.82) is 0 Å². The average Bonchev–Trinajstić information content (AvgIpc) is 2.81. The molecule has 0 aromatic heterocycles. The molecule has 196 valence electrons. The van der Waals surface area contributed by atoms with E-state index in [-0.39, 0.29) is 0 Å². The van der Waals surface area contributed by atoms with Crippen LogP contribution in [-0.2, 0) is 0 Å². The second kappa shape index (κ2) is 33.1. The maximum atomic E-state index is 3.50. The lowest BCUT2D eigenvalue weighted by molar-refractivity contribution is 0.255. The van der Waals surface area contributed by atoms with Crippen molar-refractivity contribution < 1.29 is 0 Å². The van der Waals surface area contributed by atoms with Crippen LogP contribution in [0.4, 0.5) is 0 Å². The fraction of sp³-hybridized carbons (Fsp3) is 1.00. The van der Waals surface area contributed by atoms with Crippen LogP contribution in [0, 0.1) is 0 Å². The lowest BCUT2D eigenvalue weighted by atomic mass is 10.1. The summed E-state index contributed by atoms with van der Waals surface area (Å²) in [5, 5.41) is 3.50. The summed E-state index contributed by atoms with van der Waals surface area (Å²) in [6.45, 7) is 17.9. The van der Waals surface area contributed by atoms with Crippen LogP contribution in [-0.4, -0.2) is 37.6 Å². The largest absolute Gasteiger partial charge is 0.317 e. The summed E-state index contributed by atoms with van der Waals surface area (Å²) in [7, 11) is 0. The fourth-order valence-electron chi connectivity index (χ4n) is 4.10. The van der Waals surface area contributed by atoms with Gasteiger partial charge < -0.3 is 10.2 Å². The first-order chi connectivity index (χ1) is 15.8. The van der Waals surface area contributed by atoms with Gasteiger partial charge >= 0.3 is 0 Å². The third-order valence-corrected chi connectivity index (χ3v) is 6.40. The maximum Gasteiger partial charge on any atom is -0.00187 e. The Morgan fingerprint density at radius 3 is 0.906 bits per heavy atom. The normalized spacial score (nSPS) is 11.1. The van der Waals surface area contributed by atoms with Crippen LogP contribution in [0.1, 0.15) is 163 Å². The summed E-state index contributed by atoms with van der Waals surface area (Å²) in [6, 6.07) is 0. The average molecular weight is 455 g/mol. The third-order valence-electron chi connectivity index (χ3n) is 6.40. The second-order valence-corrected chi connectivity index (χ2v) is 9.89. The minimum Gasteiger partial charge on any atom is -0.317 e. The Labute approximate surface area is 206 Å². The third kappa shape index (κ3) is 32.1. The molecule has 0 unspecified atom stereocenters. The van der Waals surface area contributed by atoms with Crippen LogP contribution in [0.25, 0.3) is 0 Å². The summed E-state index contributed by atoms with van der Waals surface area (Å²) in [6.07, 6.45) is 27.8. The molecule has 0 aliphatic heterocycles. The van der Waals surface area contributed by atoms with Crippen molar-refractivity contribution in [2.75, 3.05) is 32.7 Å². The summed E-state index contributed by atoms with van der Waals surface area (Å²) in [4.78, 5) is 2.74. The molecule has 0 atom stereocenters. The van der Waals surface area contributed by atoms with E-state index < -0.39 is 0 Å². The van der Waals surface area contributed by atoms with Gasteiger partial charge in [-0.25, -0.2) is 0 Å². The Kier molecular flexibility index (Phi) is 35.3. The summed E-state index contributed by atoms with van der Waals surface area (Å²) < 4.78 is 0. The van der Waals surface area contributed by atoms with Crippen molar-refractivity contribution >= 4 is 0 Å². The zero-order chi connectivity index (χ0) is 24.0. The van der Waals surface area contributed by atoms with Crippen molar-refractivity contribution in [2.45, 2.75) is 163 Å². The van der Waals surface area contributed by atoms with Crippen LogP contribution >= 0.6 is 0 Å². The molecule has 0 aromatic rings. The van der Waals surface area contributed by atoms with Gasteiger partial charge in [0.1, 0.15) is 0 Å². The van der Waals surface area contributed by atoms with Crippen LogP contribution in [0.3, 0.4) is 0 Å². The maximum absolute atomic E-state index is 3.50. The number of nitrogens with one attached hydrogen (secondary N) is 1. The van der Waals surface area contributed by atoms with Crippen molar-refractivity contribution in [3.05, 3.63) is 0 Å². The molecule has 0 aliphatic rings. The van der Waals surface area contributed by atoms with Gasteiger partial charge in [0, 0.05) is 0 Å². The molecular weight excluding hydrogens is 388 g/mol. The van der Waals surface area contributed by atoms with Gasteiger partial charge in [0.25, 0.3) is 0 Å². The van der Waals surface area contributed by atoms with Crippen molar-refractivity contribution in [3.63, 3.8) is 0 Å². The summed E-state index contributed by atoms with van der Waals surface area (Å²) in [5.41, 5.74) is 0. The van der Waals surface area contributed by atoms with E-state index in [1.165, 1.54) is 161 Å². The highest BCUT2D eigenvalue weighted by Crippen LogP contribution is 2.08. The lowest BCUT2D eigenvalue weighted by Crippen LogP contribution is -2.27. The van der Waals surface area contributed by atoms with Gasteiger partial charge in [0.15, 0.2) is 0 Å². The molecular formula is C30H66N2. The molecule has 0 heterocycles. The van der Waals surface area contributed by atoms with E-state index in [2.05, 4.69) is 44.8 Å². The number of rotatable bonds is 25. The molecule has 0 fully saturated rings. The molecule has 0 saturated carbocycles. The van der Waals surface area contributed by atoms with Gasteiger partial charge in [-0.15, -0.1) is 0 Å². The predicted molar refractivity (Wildman–Crippen MR) is 150 cm³/mol. The van der Waals surface area contributed by atoms with E-state index in [0.717, 1.165) is 0 Å². The van der Waals surface area contributed by atoms with Crippen LogP contribution in [0.15, 0.2) is 0 Å². The number of unbranched alkanes of at least 4 members (excludes halogenated alkanes) is 15. The number of hydrogen-bond donors (Lipinski definition) is 1. The molecule has 2 heteroatoms. The highest BCUT2D eigenvalue weighted by atomic mass is 15.1. The first kappa shape index (κ1) is 34.1. The highest BCUT2D eigenvalue weighted by Gasteiger charge is 2.04. The molecule has 0 radical (unpaired) electrons. The molecule has 0 amide bonds. The van der Waals surface area contributed by atoms with E-state index in [9.17, 15) is 0 Å². The van der Waals surface area contributed by atoms with Gasteiger partial charge in [-0.05, 0) is 64.8 Å². The van der Waals surface area contributed by atoms with Gasteiger partial charge in [-0.1, -0.05) is 131 Å². The highest BCUT2D eigenvalue weighted by molar-refractivity contribution is 4.59. The quantitative estimate of drug-likeness (QED) is 0.138. The van der Waals surface area contributed by atoms with Crippen molar-refractivity contribution in [1.82, 2.24) is 10.2 Å². The van der Waals surface area contributed by atoms with Crippen molar-refractivity contribution in [2.24, 2.45) is 0 Å². The van der Waals surface area contributed by atoms with E-state index in [0.29, 0.717) is 0 Å². The van der Waals surface area contributed by atoms with Gasteiger partial charge in [0.2, 0.25) is 0 Å². The minimum absolute atomic E-state index is 1.23. The Balaban J connectivity index is 0. The molecule has 0 rings (SSSR count). The first-order valence-electron chi connectivity index (χ1n) is 15.2. The summed E-state index contributed by atoms with van der Waals surface area (Å²) in [5.74, 6) is 0. The van der Waals surface area contributed by atoms with Crippen LogP contribution in [0.2, 0.25) is 0 Å². The molecule has 0 saturated heterocycles. The summed E-state index contributed by atoms with van der Waals surface area (Å²) >= 11 is 0. The standard InChI is InChI=1S/C18H39N.C12H27N/c1-4-7-10-13-16-19(17-14-11-8-5-2)18-15-12-9-6-3;1-3-5-7-9-11-13-12-10-8-6-4-2/h4-18H2,1-3H3;13H,3-12H2,1-2H3. The number of nitrogens with zero attached hydrogens (tertiary/aromatic N) is 1. The van der Waals surface area contributed by atoms with E-state index >= 15 is 0 Å². The van der Waals surface area contributed by atoms with Gasteiger partial charge in [-0.3, -0.25) is 0 Å². The molecule has 0 spiro atoms. The second-order valence-electron chi connectivity index (χ2n) is 9.89. The fourth-order valence-corrected chi connectivity index (χ4v) is 4.10. The van der Waals surface area contributed by atoms with Gasteiger partial charge in [0.05, 0.1) is 0 Å². The molecule has 1 N–H and O–H groups in total. The molecule has 0 aliphatic carbocycles. The van der Waals surface area contributed by atoms with Gasteiger partial charge in [-0.2, -0.15) is 0 Å². The Bertz CT molecular complexity index is 254. The minimum atomic E-state index is 1.23. The SMILES string of the molecule is CCCCCCN(CCCCCC)CCCCCC.CCCCCCNCCCCCC. The Hall–Kier alpha value is -0.0800. The molecule has 2 nitrogen and oxygen atoms in total.